The van der Waals surface area contributed by atoms with E-state index in [0.717, 1.165) is 58.7 Å². The number of fused-ring (bicyclic) bond motifs is 4. The molecule has 3 aliphatic rings. The first kappa shape index (κ1) is 30.2. The second-order valence-corrected chi connectivity index (χ2v) is 13.9. The normalized spacial score (nSPS) is 15.7. The molecule has 0 saturated carbocycles. The molecular formula is C47H39N3. The van der Waals surface area contributed by atoms with Crippen LogP contribution >= 0.6 is 0 Å². The third kappa shape index (κ3) is 5.09. The van der Waals surface area contributed by atoms with Crippen molar-refractivity contribution in [3.05, 3.63) is 181 Å². The van der Waals surface area contributed by atoms with Crippen molar-refractivity contribution in [3.8, 4) is 22.5 Å². The van der Waals surface area contributed by atoms with Crippen molar-refractivity contribution in [3.63, 3.8) is 0 Å². The van der Waals surface area contributed by atoms with Gasteiger partial charge in [-0.1, -0.05) is 111 Å². The first-order chi connectivity index (χ1) is 24.6. The Hall–Kier alpha value is -5.93. The standard InChI is InChI=1S/C47H39N3/c1-47(2)42-19-11-10-18-40(42)41-31-30-39(32-43(41)47)49(37-26-22-34(23-27-37)33-14-6-3-4-7-15-33)38-28-24-35(25-29-38)46-48-44-20-12-13-21-45(44)50(46)36-16-8-5-9-17-36/h3,5-8,10-16,18-32H,4,9,17H2,1-2H3. The highest BCUT2D eigenvalue weighted by Gasteiger charge is 2.35. The molecule has 0 spiro atoms. The Bertz CT molecular complexity index is 2410. The van der Waals surface area contributed by atoms with Crippen LogP contribution in [0.1, 0.15) is 49.8 Å². The van der Waals surface area contributed by atoms with Crippen LogP contribution in [0.15, 0.2) is 164 Å². The second kappa shape index (κ2) is 12.2. The van der Waals surface area contributed by atoms with Crippen molar-refractivity contribution in [1.29, 1.82) is 0 Å². The van der Waals surface area contributed by atoms with E-state index in [1.54, 1.807) is 0 Å². The van der Waals surface area contributed by atoms with Gasteiger partial charge < -0.3 is 4.90 Å². The van der Waals surface area contributed by atoms with E-state index in [2.05, 4.69) is 187 Å². The summed E-state index contributed by atoms with van der Waals surface area (Å²) < 4.78 is 2.34. The van der Waals surface area contributed by atoms with Crippen LogP contribution in [-0.2, 0) is 5.41 Å². The van der Waals surface area contributed by atoms with Gasteiger partial charge in [-0.2, -0.15) is 0 Å². The van der Waals surface area contributed by atoms with Gasteiger partial charge in [0, 0.05) is 33.7 Å². The second-order valence-electron chi connectivity index (χ2n) is 13.9. The molecule has 0 N–H and O–H groups in total. The van der Waals surface area contributed by atoms with Crippen LogP contribution < -0.4 is 4.90 Å². The van der Waals surface area contributed by atoms with E-state index < -0.39 is 0 Å². The fraction of sp³-hybridized carbons (Fsp3) is 0.128. The highest BCUT2D eigenvalue weighted by Crippen LogP contribution is 2.50. The summed E-state index contributed by atoms with van der Waals surface area (Å²) in [7, 11) is 0. The third-order valence-electron chi connectivity index (χ3n) is 10.5. The summed E-state index contributed by atoms with van der Waals surface area (Å²) in [5, 5.41) is 0. The van der Waals surface area contributed by atoms with Crippen LogP contribution in [0.3, 0.4) is 0 Å². The molecular weight excluding hydrogens is 607 g/mol. The topological polar surface area (TPSA) is 21.1 Å². The zero-order valence-corrected chi connectivity index (χ0v) is 28.6. The Labute approximate surface area is 294 Å². The van der Waals surface area contributed by atoms with E-state index in [1.165, 1.54) is 39.1 Å². The largest absolute Gasteiger partial charge is 0.310 e. The van der Waals surface area contributed by atoms with E-state index in [1.807, 2.05) is 0 Å². The van der Waals surface area contributed by atoms with E-state index in [4.69, 9.17) is 4.98 Å². The minimum absolute atomic E-state index is 0.0881. The van der Waals surface area contributed by atoms with Crippen LogP contribution in [0.25, 0.3) is 44.8 Å². The molecule has 6 aromatic rings. The predicted molar refractivity (Wildman–Crippen MR) is 211 cm³/mol. The molecule has 3 nitrogen and oxygen atoms in total. The maximum absolute atomic E-state index is 5.15. The molecule has 9 rings (SSSR count). The molecule has 0 saturated heterocycles. The Morgan fingerprint density at radius 2 is 1.34 bits per heavy atom. The van der Waals surface area contributed by atoms with Crippen molar-refractivity contribution in [2.24, 2.45) is 0 Å². The van der Waals surface area contributed by atoms with Gasteiger partial charge in [-0.25, -0.2) is 4.98 Å². The SMILES string of the molecule is CC1(C)c2ccccc2-c2ccc(N(c3ccc(C4=CC=CCC=C4)cc3)c3ccc(-c4nc5ccccc5n4C4=CC=CCC4)cc3)cc21. The van der Waals surface area contributed by atoms with Gasteiger partial charge in [0.15, 0.2) is 0 Å². The molecule has 0 amide bonds. The molecule has 0 fully saturated rings. The lowest BCUT2D eigenvalue weighted by molar-refractivity contribution is 0.660. The van der Waals surface area contributed by atoms with E-state index in [9.17, 15) is 0 Å². The molecule has 242 valence electrons. The summed E-state index contributed by atoms with van der Waals surface area (Å²) in [4.78, 5) is 7.54. The number of hydrogen-bond acceptors (Lipinski definition) is 2. The summed E-state index contributed by atoms with van der Waals surface area (Å²) in [5.74, 6) is 0.978. The molecule has 0 radical (unpaired) electrons. The van der Waals surface area contributed by atoms with Gasteiger partial charge >= 0.3 is 0 Å². The monoisotopic (exact) mass is 645 g/mol. The van der Waals surface area contributed by atoms with Crippen LogP contribution in [0.5, 0.6) is 0 Å². The fourth-order valence-corrected chi connectivity index (χ4v) is 7.90. The van der Waals surface area contributed by atoms with Crippen LogP contribution in [0.4, 0.5) is 17.1 Å². The van der Waals surface area contributed by atoms with Crippen molar-refractivity contribution >= 4 is 39.4 Å². The smallest absolute Gasteiger partial charge is 0.145 e. The van der Waals surface area contributed by atoms with Crippen LogP contribution in [0, 0.1) is 0 Å². The molecule has 3 heteroatoms. The summed E-state index contributed by atoms with van der Waals surface area (Å²) >= 11 is 0. The Kier molecular flexibility index (Phi) is 7.35. The molecule has 0 unspecified atom stereocenters. The lowest BCUT2D eigenvalue weighted by Crippen LogP contribution is -2.16. The average molecular weight is 646 g/mol. The lowest BCUT2D eigenvalue weighted by Gasteiger charge is -2.28. The number of imidazole rings is 1. The van der Waals surface area contributed by atoms with Gasteiger partial charge in [0.25, 0.3) is 0 Å². The summed E-state index contributed by atoms with van der Waals surface area (Å²) in [6.07, 6.45) is 20.6. The number of nitrogens with zero attached hydrogens (tertiary/aromatic N) is 3. The number of benzene rings is 5. The molecule has 0 bridgehead atoms. The predicted octanol–water partition coefficient (Wildman–Crippen LogP) is 12.6. The van der Waals surface area contributed by atoms with Gasteiger partial charge in [0.05, 0.1) is 11.0 Å². The van der Waals surface area contributed by atoms with Gasteiger partial charge in [0.2, 0.25) is 0 Å². The molecule has 1 heterocycles. The highest BCUT2D eigenvalue weighted by molar-refractivity contribution is 5.88. The minimum Gasteiger partial charge on any atom is -0.310 e. The molecule has 0 aliphatic heterocycles. The maximum atomic E-state index is 5.15. The zero-order chi connectivity index (χ0) is 33.7. The number of aromatic nitrogens is 2. The Morgan fingerprint density at radius 1 is 0.640 bits per heavy atom. The van der Waals surface area contributed by atoms with E-state index >= 15 is 0 Å². The van der Waals surface area contributed by atoms with Crippen LogP contribution in [0.2, 0.25) is 0 Å². The number of hydrogen-bond donors (Lipinski definition) is 0. The number of rotatable bonds is 6. The number of para-hydroxylation sites is 2. The van der Waals surface area contributed by atoms with Gasteiger partial charge in [0.1, 0.15) is 5.82 Å². The fourth-order valence-electron chi connectivity index (χ4n) is 7.90. The maximum Gasteiger partial charge on any atom is 0.145 e. The molecule has 1 aromatic heterocycles. The lowest BCUT2D eigenvalue weighted by atomic mass is 9.82. The van der Waals surface area contributed by atoms with Crippen molar-refractivity contribution in [1.82, 2.24) is 9.55 Å². The van der Waals surface area contributed by atoms with E-state index in [-0.39, 0.29) is 5.41 Å². The minimum atomic E-state index is -0.0881. The summed E-state index contributed by atoms with van der Waals surface area (Å²) in [5.41, 5.74) is 15.7. The van der Waals surface area contributed by atoms with E-state index in [0.29, 0.717) is 0 Å². The Morgan fingerprint density at radius 3 is 2.14 bits per heavy atom. The average Bonchev–Trinajstić information content (AvgIpc) is 3.49. The van der Waals surface area contributed by atoms with Gasteiger partial charge in [-0.3, -0.25) is 4.57 Å². The van der Waals surface area contributed by atoms with Crippen molar-refractivity contribution < 1.29 is 0 Å². The van der Waals surface area contributed by atoms with Gasteiger partial charge in [-0.05, 0) is 119 Å². The van der Waals surface area contributed by atoms with Crippen molar-refractivity contribution in [2.45, 2.75) is 38.5 Å². The molecule has 5 aromatic carbocycles. The quantitative estimate of drug-likeness (QED) is 0.180. The Balaban J connectivity index is 1.16. The zero-order valence-electron chi connectivity index (χ0n) is 28.6. The summed E-state index contributed by atoms with van der Waals surface area (Å²) in [6.45, 7) is 4.70. The number of allylic oxidation sites excluding steroid dienone is 10. The highest BCUT2D eigenvalue weighted by atomic mass is 15.1. The summed E-state index contributed by atoms with van der Waals surface area (Å²) in [6, 6.07) is 42.3. The molecule has 3 aliphatic carbocycles. The first-order valence-corrected chi connectivity index (χ1v) is 17.7. The molecule has 0 atom stereocenters. The van der Waals surface area contributed by atoms with Gasteiger partial charge in [-0.15, -0.1) is 0 Å². The first-order valence-electron chi connectivity index (χ1n) is 17.7. The third-order valence-corrected chi connectivity index (χ3v) is 10.5. The van der Waals surface area contributed by atoms with Crippen molar-refractivity contribution in [2.75, 3.05) is 4.90 Å². The number of anilines is 3. The molecule has 50 heavy (non-hydrogen) atoms. The van der Waals surface area contributed by atoms with Crippen LogP contribution in [-0.4, -0.2) is 9.55 Å².